The van der Waals surface area contributed by atoms with Gasteiger partial charge in [0.15, 0.2) is 0 Å². The molecule has 1 atom stereocenters. The topological polar surface area (TPSA) is 85.5 Å². The second-order valence-corrected chi connectivity index (χ2v) is 10.9. The Kier molecular flexibility index (Phi) is 10.0. The van der Waals surface area contributed by atoms with Crippen LogP contribution in [0.15, 0.2) is 30.5 Å². The number of para-hydroxylation sites is 1. The standard InChI is InChI=1S/C30H44N4O3/c1-2-3-14-27(32-28(35)20-24-21-31-26-15-8-7-13-25(24)26)30(37)34(19-16-23-11-5-4-6-12-23)22-29(36)33-17-9-10-18-33/h7-8,13,15,21,23,27,31H,2-6,9-12,14,16-20,22H2,1H3,(H,32,35)/t27-/m0/s1. The van der Waals surface area contributed by atoms with Crippen molar-refractivity contribution in [3.63, 3.8) is 0 Å². The Balaban J connectivity index is 1.44. The van der Waals surface area contributed by atoms with Crippen molar-refractivity contribution in [2.45, 2.75) is 90.0 Å². The first-order chi connectivity index (χ1) is 18.0. The van der Waals surface area contributed by atoms with Crippen molar-refractivity contribution < 1.29 is 14.4 Å². The number of fused-ring (bicyclic) bond motifs is 1. The Bertz CT molecular complexity index is 1040. The maximum Gasteiger partial charge on any atom is 0.245 e. The number of hydrogen-bond acceptors (Lipinski definition) is 3. The van der Waals surface area contributed by atoms with E-state index in [9.17, 15) is 14.4 Å². The second kappa shape index (κ2) is 13.6. The molecule has 2 N–H and O–H groups in total. The maximum absolute atomic E-state index is 13.9. The van der Waals surface area contributed by atoms with Crippen LogP contribution in [0.5, 0.6) is 0 Å². The highest BCUT2D eigenvalue weighted by Gasteiger charge is 2.30. The van der Waals surface area contributed by atoms with E-state index >= 15 is 0 Å². The average Bonchev–Trinajstić information content (AvgIpc) is 3.60. The maximum atomic E-state index is 13.9. The van der Waals surface area contributed by atoms with Gasteiger partial charge in [0.2, 0.25) is 17.7 Å². The summed E-state index contributed by atoms with van der Waals surface area (Å²) < 4.78 is 0. The summed E-state index contributed by atoms with van der Waals surface area (Å²) in [6.07, 6.45) is 13.7. The van der Waals surface area contributed by atoms with E-state index in [2.05, 4.69) is 17.2 Å². The molecule has 2 fully saturated rings. The van der Waals surface area contributed by atoms with Crippen molar-refractivity contribution >= 4 is 28.6 Å². The van der Waals surface area contributed by atoms with Gasteiger partial charge in [0.25, 0.3) is 0 Å². The highest BCUT2D eigenvalue weighted by atomic mass is 16.2. The molecule has 37 heavy (non-hydrogen) atoms. The number of amides is 3. The minimum absolute atomic E-state index is 0.0360. The van der Waals surface area contributed by atoms with Gasteiger partial charge >= 0.3 is 0 Å². The van der Waals surface area contributed by atoms with Gasteiger partial charge in [-0.2, -0.15) is 0 Å². The molecule has 202 valence electrons. The highest BCUT2D eigenvalue weighted by molar-refractivity contribution is 5.93. The number of benzene rings is 1. The molecule has 1 aliphatic heterocycles. The van der Waals surface area contributed by atoms with Crippen LogP contribution in [0.25, 0.3) is 10.9 Å². The molecule has 1 aromatic heterocycles. The third-order valence-corrected chi connectivity index (χ3v) is 8.13. The van der Waals surface area contributed by atoms with Crippen LogP contribution in [0, 0.1) is 5.92 Å². The van der Waals surface area contributed by atoms with E-state index in [1.165, 1.54) is 32.1 Å². The lowest BCUT2D eigenvalue weighted by Crippen LogP contribution is -2.52. The van der Waals surface area contributed by atoms with Crippen LogP contribution in [-0.4, -0.2) is 64.7 Å². The molecule has 1 saturated heterocycles. The molecule has 7 heteroatoms. The number of aromatic amines is 1. The fraction of sp³-hybridized carbons (Fsp3) is 0.633. The smallest absolute Gasteiger partial charge is 0.245 e. The molecule has 2 heterocycles. The fourth-order valence-electron chi connectivity index (χ4n) is 5.89. The summed E-state index contributed by atoms with van der Waals surface area (Å²) in [5.41, 5.74) is 1.92. The molecule has 1 aromatic carbocycles. The molecule has 0 radical (unpaired) electrons. The highest BCUT2D eigenvalue weighted by Crippen LogP contribution is 2.27. The van der Waals surface area contributed by atoms with E-state index < -0.39 is 6.04 Å². The summed E-state index contributed by atoms with van der Waals surface area (Å²) in [7, 11) is 0. The van der Waals surface area contributed by atoms with Crippen LogP contribution in [0.4, 0.5) is 0 Å². The van der Waals surface area contributed by atoms with Crippen molar-refractivity contribution in [1.82, 2.24) is 20.1 Å². The lowest BCUT2D eigenvalue weighted by atomic mass is 9.87. The summed E-state index contributed by atoms with van der Waals surface area (Å²) in [4.78, 5) is 46.9. The second-order valence-electron chi connectivity index (χ2n) is 10.9. The van der Waals surface area contributed by atoms with Crippen LogP contribution in [0.1, 0.15) is 83.1 Å². The van der Waals surface area contributed by atoms with Crippen LogP contribution >= 0.6 is 0 Å². The number of nitrogens with zero attached hydrogens (tertiary/aromatic N) is 2. The first kappa shape index (κ1) is 27.2. The molecule has 0 unspecified atom stereocenters. The van der Waals surface area contributed by atoms with E-state index in [1.807, 2.05) is 35.4 Å². The van der Waals surface area contributed by atoms with Crippen LogP contribution in [0.3, 0.4) is 0 Å². The van der Waals surface area contributed by atoms with Gasteiger partial charge in [-0.25, -0.2) is 0 Å². The molecule has 4 rings (SSSR count). The van der Waals surface area contributed by atoms with Gasteiger partial charge in [0, 0.05) is 36.7 Å². The van der Waals surface area contributed by atoms with Crippen molar-refractivity contribution in [3.05, 3.63) is 36.0 Å². The van der Waals surface area contributed by atoms with E-state index in [4.69, 9.17) is 0 Å². The molecule has 7 nitrogen and oxygen atoms in total. The van der Waals surface area contributed by atoms with Crippen LogP contribution in [-0.2, 0) is 20.8 Å². The zero-order valence-electron chi connectivity index (χ0n) is 22.5. The average molecular weight is 509 g/mol. The van der Waals surface area contributed by atoms with Gasteiger partial charge in [-0.3, -0.25) is 14.4 Å². The van der Waals surface area contributed by atoms with E-state index in [0.717, 1.165) is 61.7 Å². The van der Waals surface area contributed by atoms with Gasteiger partial charge < -0.3 is 20.1 Å². The molecule has 3 amide bonds. The predicted molar refractivity (Wildman–Crippen MR) is 147 cm³/mol. The molecule has 1 saturated carbocycles. The zero-order valence-corrected chi connectivity index (χ0v) is 22.5. The first-order valence-electron chi connectivity index (χ1n) is 14.5. The summed E-state index contributed by atoms with van der Waals surface area (Å²) >= 11 is 0. The van der Waals surface area contributed by atoms with Gasteiger partial charge in [0.05, 0.1) is 13.0 Å². The normalized spacial score (nSPS) is 17.2. The molecule has 2 aliphatic rings. The first-order valence-corrected chi connectivity index (χ1v) is 14.5. The number of nitrogens with one attached hydrogen (secondary N) is 2. The Morgan fingerprint density at radius 2 is 1.84 bits per heavy atom. The van der Waals surface area contributed by atoms with Crippen LogP contribution in [0.2, 0.25) is 0 Å². The predicted octanol–water partition coefficient (Wildman–Crippen LogP) is 4.81. The molecule has 2 aromatic rings. The third-order valence-electron chi connectivity index (χ3n) is 8.13. The zero-order chi connectivity index (χ0) is 26.0. The number of likely N-dealkylation sites (tertiary alicyclic amines) is 1. The van der Waals surface area contributed by atoms with E-state index in [-0.39, 0.29) is 30.7 Å². The lowest BCUT2D eigenvalue weighted by Gasteiger charge is -2.31. The summed E-state index contributed by atoms with van der Waals surface area (Å²) in [6, 6.07) is 7.33. The minimum atomic E-state index is -0.601. The number of carbonyl (C=O) groups excluding carboxylic acids is 3. The van der Waals surface area contributed by atoms with Crippen molar-refractivity contribution in [1.29, 1.82) is 0 Å². The number of unbranched alkanes of at least 4 members (excludes halogenated alkanes) is 1. The van der Waals surface area contributed by atoms with E-state index in [1.54, 1.807) is 4.90 Å². The minimum Gasteiger partial charge on any atom is -0.361 e. The molecule has 0 spiro atoms. The lowest BCUT2D eigenvalue weighted by molar-refractivity contribution is -0.142. The molecular formula is C30H44N4O3. The fourth-order valence-corrected chi connectivity index (χ4v) is 5.89. The Morgan fingerprint density at radius 3 is 2.59 bits per heavy atom. The third kappa shape index (κ3) is 7.59. The number of aromatic nitrogens is 1. The van der Waals surface area contributed by atoms with Crippen molar-refractivity contribution in [2.75, 3.05) is 26.2 Å². The molecular weight excluding hydrogens is 464 g/mol. The monoisotopic (exact) mass is 508 g/mol. The van der Waals surface area contributed by atoms with Gasteiger partial charge in [-0.05, 0) is 43.2 Å². The number of H-pyrrole nitrogens is 1. The Labute approximate surface area is 221 Å². The van der Waals surface area contributed by atoms with E-state index in [0.29, 0.717) is 18.9 Å². The summed E-state index contributed by atoms with van der Waals surface area (Å²) in [6.45, 7) is 4.36. The Hall–Kier alpha value is -2.83. The van der Waals surface area contributed by atoms with Crippen molar-refractivity contribution in [2.24, 2.45) is 5.92 Å². The van der Waals surface area contributed by atoms with Crippen molar-refractivity contribution in [3.8, 4) is 0 Å². The number of hydrogen-bond donors (Lipinski definition) is 2. The summed E-state index contributed by atoms with van der Waals surface area (Å²) in [5.74, 6) is 0.395. The largest absolute Gasteiger partial charge is 0.361 e. The number of carbonyl (C=O) groups is 3. The number of rotatable bonds is 12. The summed E-state index contributed by atoms with van der Waals surface area (Å²) in [5, 5.41) is 4.07. The Morgan fingerprint density at radius 1 is 1.08 bits per heavy atom. The van der Waals surface area contributed by atoms with Gasteiger partial charge in [-0.15, -0.1) is 0 Å². The van der Waals surface area contributed by atoms with Gasteiger partial charge in [0.1, 0.15) is 6.04 Å². The van der Waals surface area contributed by atoms with Crippen LogP contribution < -0.4 is 5.32 Å². The quantitative estimate of drug-likeness (QED) is 0.432. The molecule has 1 aliphatic carbocycles. The molecule has 0 bridgehead atoms. The van der Waals surface area contributed by atoms with Gasteiger partial charge in [-0.1, -0.05) is 70.1 Å². The SMILES string of the molecule is CCCC[C@H](NC(=O)Cc1c[nH]c2ccccc12)C(=O)N(CCC1CCCCC1)CC(=O)N1CCCC1.